The van der Waals surface area contributed by atoms with E-state index < -0.39 is 6.10 Å². The van der Waals surface area contributed by atoms with Gasteiger partial charge in [0.05, 0.1) is 11.7 Å². The lowest BCUT2D eigenvalue weighted by Gasteiger charge is -2.25. The molecule has 1 unspecified atom stereocenters. The van der Waals surface area contributed by atoms with Crippen molar-refractivity contribution in [3.63, 3.8) is 0 Å². The minimum atomic E-state index is -0.448. The highest BCUT2D eigenvalue weighted by Crippen LogP contribution is 2.18. The molecule has 0 fully saturated rings. The largest absolute Gasteiger partial charge is 0.458 e. The first-order valence-electron chi connectivity index (χ1n) is 6.86. The fourth-order valence-corrected chi connectivity index (χ4v) is 1.75. The zero-order chi connectivity index (χ0) is 14.4. The second kappa shape index (κ2) is 7.29. The summed E-state index contributed by atoms with van der Waals surface area (Å²) in [6.45, 7) is 7.91. The average molecular weight is 264 g/mol. The van der Waals surface area contributed by atoms with Crippen LogP contribution in [0.15, 0.2) is 30.3 Å². The molecular weight excluding hydrogens is 240 g/mol. The molecule has 0 aliphatic carbocycles. The van der Waals surface area contributed by atoms with Crippen LogP contribution in [0.5, 0.6) is 0 Å². The van der Waals surface area contributed by atoms with Gasteiger partial charge in [-0.15, -0.1) is 0 Å². The highest BCUT2D eigenvalue weighted by atomic mass is 16.5. The average Bonchev–Trinajstić information content (AvgIpc) is 2.38. The van der Waals surface area contributed by atoms with E-state index in [0.717, 1.165) is 0 Å². The number of carbonyl (C=O) groups excluding carboxylic acids is 1. The third-order valence-electron chi connectivity index (χ3n) is 3.25. The molecule has 106 valence electrons. The van der Waals surface area contributed by atoms with Gasteiger partial charge in [0.25, 0.3) is 0 Å². The molecule has 0 aliphatic rings. The number of hydrogen-bond donors (Lipinski definition) is 1. The van der Waals surface area contributed by atoms with Crippen molar-refractivity contribution in [1.82, 2.24) is 0 Å². The Morgan fingerprint density at radius 2 is 1.68 bits per heavy atom. The van der Waals surface area contributed by atoms with Crippen LogP contribution in [0.2, 0.25) is 0 Å². The first-order valence-corrected chi connectivity index (χ1v) is 6.86. The summed E-state index contributed by atoms with van der Waals surface area (Å²) in [5.74, 6) is 0.0213. The lowest BCUT2D eigenvalue weighted by Crippen LogP contribution is -2.30. The first-order chi connectivity index (χ1) is 8.91. The van der Waals surface area contributed by atoms with Gasteiger partial charge in [0.15, 0.2) is 0 Å². The van der Waals surface area contributed by atoms with Crippen molar-refractivity contribution >= 4 is 5.97 Å². The van der Waals surface area contributed by atoms with E-state index in [4.69, 9.17) is 4.74 Å². The van der Waals surface area contributed by atoms with E-state index in [1.165, 1.54) is 0 Å². The molecule has 0 spiro atoms. The molecule has 0 radical (unpaired) electrons. The third kappa shape index (κ3) is 5.03. The summed E-state index contributed by atoms with van der Waals surface area (Å²) in [5, 5.41) is 9.94. The van der Waals surface area contributed by atoms with E-state index >= 15 is 0 Å². The number of esters is 1. The summed E-state index contributed by atoms with van der Waals surface area (Å²) in [6.07, 6.45) is -0.227. The lowest BCUT2D eigenvalue weighted by atomic mass is 9.95. The fraction of sp³-hybridized carbons (Fsp3) is 0.562. The van der Waals surface area contributed by atoms with Crippen LogP contribution >= 0.6 is 0 Å². The number of hydrogen-bond acceptors (Lipinski definition) is 3. The standard InChI is InChI=1S/C16H24O3/c1-11(2)14(17)10-15(12(3)4)19-16(18)13-8-6-5-7-9-13/h5-9,11-12,14-15,17H,10H2,1-4H3/t14-,15?/m0/s1. The van der Waals surface area contributed by atoms with Crippen LogP contribution < -0.4 is 0 Å². The van der Waals surface area contributed by atoms with Gasteiger partial charge in [-0.25, -0.2) is 4.79 Å². The molecule has 0 saturated heterocycles. The molecule has 1 aromatic carbocycles. The number of aliphatic hydroxyl groups is 1. The summed E-state index contributed by atoms with van der Waals surface area (Å²) in [6, 6.07) is 8.95. The highest BCUT2D eigenvalue weighted by Gasteiger charge is 2.24. The quantitative estimate of drug-likeness (QED) is 0.802. The summed E-state index contributed by atoms with van der Waals surface area (Å²) >= 11 is 0. The van der Waals surface area contributed by atoms with Crippen molar-refractivity contribution in [3.8, 4) is 0 Å². The van der Waals surface area contributed by atoms with Gasteiger partial charge in [-0.3, -0.25) is 0 Å². The Morgan fingerprint density at radius 1 is 1.11 bits per heavy atom. The van der Waals surface area contributed by atoms with E-state index in [9.17, 15) is 9.90 Å². The molecular formula is C16H24O3. The predicted octanol–water partition coefficient (Wildman–Crippen LogP) is 3.28. The maximum atomic E-state index is 12.0. The maximum absolute atomic E-state index is 12.0. The number of ether oxygens (including phenoxy) is 1. The Morgan fingerprint density at radius 3 is 2.16 bits per heavy atom. The van der Waals surface area contributed by atoms with E-state index in [1.54, 1.807) is 12.1 Å². The van der Waals surface area contributed by atoms with Gasteiger partial charge in [-0.2, -0.15) is 0 Å². The van der Waals surface area contributed by atoms with Crippen LogP contribution in [-0.2, 0) is 4.74 Å². The number of rotatable bonds is 6. The van der Waals surface area contributed by atoms with Gasteiger partial charge in [0.1, 0.15) is 6.10 Å². The van der Waals surface area contributed by atoms with Crippen LogP contribution in [0.1, 0.15) is 44.5 Å². The Balaban J connectivity index is 2.66. The summed E-state index contributed by atoms with van der Waals surface area (Å²) in [4.78, 5) is 12.0. The molecule has 3 nitrogen and oxygen atoms in total. The zero-order valence-electron chi connectivity index (χ0n) is 12.2. The number of aliphatic hydroxyl groups excluding tert-OH is 1. The van der Waals surface area contributed by atoms with Crippen molar-refractivity contribution in [2.24, 2.45) is 11.8 Å². The van der Waals surface area contributed by atoms with Gasteiger partial charge in [0.2, 0.25) is 0 Å². The van der Waals surface area contributed by atoms with Crippen molar-refractivity contribution in [3.05, 3.63) is 35.9 Å². The summed E-state index contributed by atoms with van der Waals surface area (Å²) < 4.78 is 5.52. The molecule has 0 amide bonds. The van der Waals surface area contributed by atoms with E-state index in [1.807, 2.05) is 45.9 Å². The maximum Gasteiger partial charge on any atom is 0.338 e. The predicted molar refractivity (Wildman–Crippen MR) is 75.9 cm³/mol. The molecule has 2 atom stereocenters. The van der Waals surface area contributed by atoms with Gasteiger partial charge in [-0.1, -0.05) is 45.9 Å². The minimum absolute atomic E-state index is 0.164. The molecule has 19 heavy (non-hydrogen) atoms. The van der Waals surface area contributed by atoms with Gasteiger partial charge < -0.3 is 9.84 Å². The van der Waals surface area contributed by atoms with Crippen molar-refractivity contribution < 1.29 is 14.6 Å². The monoisotopic (exact) mass is 264 g/mol. The molecule has 0 aromatic heterocycles. The molecule has 1 N–H and O–H groups in total. The highest BCUT2D eigenvalue weighted by molar-refractivity contribution is 5.89. The third-order valence-corrected chi connectivity index (χ3v) is 3.25. The molecule has 0 heterocycles. The van der Waals surface area contributed by atoms with Crippen molar-refractivity contribution in [1.29, 1.82) is 0 Å². The Labute approximate surface area is 115 Å². The first kappa shape index (κ1) is 15.7. The smallest absolute Gasteiger partial charge is 0.338 e. The topological polar surface area (TPSA) is 46.5 Å². The minimum Gasteiger partial charge on any atom is -0.458 e. The van der Waals surface area contributed by atoms with Crippen molar-refractivity contribution in [2.75, 3.05) is 0 Å². The molecule has 0 saturated carbocycles. The fourth-order valence-electron chi connectivity index (χ4n) is 1.75. The van der Waals surface area contributed by atoms with Crippen LogP contribution in [0, 0.1) is 11.8 Å². The van der Waals surface area contributed by atoms with Gasteiger partial charge >= 0.3 is 5.97 Å². The normalized spacial score (nSPS) is 14.5. The van der Waals surface area contributed by atoms with Crippen molar-refractivity contribution in [2.45, 2.75) is 46.3 Å². The molecule has 3 heteroatoms. The summed E-state index contributed by atoms with van der Waals surface area (Å²) in [5.41, 5.74) is 0.548. The molecule has 1 aromatic rings. The Hall–Kier alpha value is -1.35. The number of carbonyl (C=O) groups is 1. The second-order valence-electron chi connectivity index (χ2n) is 5.60. The number of benzene rings is 1. The zero-order valence-corrected chi connectivity index (χ0v) is 12.2. The Bertz CT molecular complexity index is 384. The SMILES string of the molecule is CC(C)C(C[C@H](O)C(C)C)OC(=O)c1ccccc1. The van der Waals surface area contributed by atoms with E-state index in [2.05, 4.69) is 0 Å². The van der Waals surface area contributed by atoms with Crippen LogP contribution in [-0.4, -0.2) is 23.3 Å². The second-order valence-corrected chi connectivity index (χ2v) is 5.60. The van der Waals surface area contributed by atoms with Gasteiger partial charge in [-0.05, 0) is 24.0 Å². The lowest BCUT2D eigenvalue weighted by molar-refractivity contribution is -0.00724. The van der Waals surface area contributed by atoms with Crippen LogP contribution in [0.25, 0.3) is 0 Å². The van der Waals surface area contributed by atoms with Gasteiger partial charge in [0, 0.05) is 6.42 Å². The van der Waals surface area contributed by atoms with E-state index in [0.29, 0.717) is 12.0 Å². The molecule has 0 bridgehead atoms. The summed E-state index contributed by atoms with van der Waals surface area (Å²) in [7, 11) is 0. The van der Waals surface area contributed by atoms with Crippen LogP contribution in [0.3, 0.4) is 0 Å². The van der Waals surface area contributed by atoms with Crippen LogP contribution in [0.4, 0.5) is 0 Å². The van der Waals surface area contributed by atoms with E-state index in [-0.39, 0.29) is 23.9 Å². The molecule has 0 aliphatic heterocycles. The Kier molecular flexibility index (Phi) is 6.03. The molecule has 1 rings (SSSR count).